The fourth-order valence-corrected chi connectivity index (χ4v) is 1.99. The van der Waals surface area contributed by atoms with Gasteiger partial charge in [-0.2, -0.15) is 0 Å². The zero-order valence-corrected chi connectivity index (χ0v) is 11.7. The number of nitrogens with one attached hydrogen (secondary N) is 1. The topological polar surface area (TPSA) is 45.8 Å². The highest BCUT2D eigenvalue weighted by Gasteiger charge is 2.12. The van der Waals surface area contributed by atoms with Crippen molar-refractivity contribution in [2.24, 2.45) is 0 Å². The van der Waals surface area contributed by atoms with Crippen LogP contribution in [0.1, 0.15) is 37.6 Å². The van der Waals surface area contributed by atoms with Crippen molar-refractivity contribution in [3.63, 3.8) is 0 Å². The van der Waals surface area contributed by atoms with E-state index in [1.165, 1.54) is 11.1 Å². The zero-order valence-electron chi connectivity index (χ0n) is 11.7. The largest absolute Gasteiger partial charge is 0.326 e. The minimum Gasteiger partial charge on any atom is -0.326 e. The van der Waals surface area contributed by atoms with Gasteiger partial charge >= 0.3 is 0 Å². The maximum absolute atomic E-state index is 11.5. The van der Waals surface area contributed by atoms with Crippen LogP contribution in [0.5, 0.6) is 0 Å². The first-order valence-electron chi connectivity index (χ1n) is 6.59. The number of aryl methyl sites for hydroxylation is 2. The van der Waals surface area contributed by atoms with Crippen molar-refractivity contribution < 1.29 is 0 Å². The molecule has 0 unspecified atom stereocenters. The second-order valence-corrected chi connectivity index (χ2v) is 5.81. The van der Waals surface area contributed by atoms with E-state index >= 15 is 0 Å². The van der Waals surface area contributed by atoms with Gasteiger partial charge in [-0.25, -0.2) is 0 Å². The Labute approximate surface area is 113 Å². The molecule has 2 rings (SSSR count). The number of aromatic amines is 1. The van der Waals surface area contributed by atoms with Crippen LogP contribution in [0.4, 0.5) is 0 Å². The Morgan fingerprint density at radius 2 is 1.79 bits per heavy atom. The van der Waals surface area contributed by atoms with Gasteiger partial charge in [-0.05, 0) is 29.4 Å². The summed E-state index contributed by atoms with van der Waals surface area (Å²) >= 11 is 0. The number of hydrogen-bond donors (Lipinski definition) is 1. The highest BCUT2D eigenvalue weighted by molar-refractivity contribution is 5.27. The fraction of sp³-hybridized carbons (Fsp3) is 0.375. The van der Waals surface area contributed by atoms with E-state index in [1.807, 2.05) is 0 Å². The van der Waals surface area contributed by atoms with Gasteiger partial charge < -0.3 is 4.98 Å². The van der Waals surface area contributed by atoms with Gasteiger partial charge in [0.05, 0.1) is 0 Å². The molecular weight excluding hydrogens is 236 g/mol. The molecule has 19 heavy (non-hydrogen) atoms. The van der Waals surface area contributed by atoms with Crippen LogP contribution in [0, 0.1) is 0 Å². The quantitative estimate of drug-likeness (QED) is 0.917. The van der Waals surface area contributed by atoms with Crippen LogP contribution in [-0.2, 0) is 18.3 Å². The van der Waals surface area contributed by atoms with Gasteiger partial charge in [0.25, 0.3) is 5.56 Å². The molecule has 0 fully saturated rings. The molecule has 0 spiro atoms. The average Bonchev–Trinajstić information content (AvgIpc) is 2.37. The predicted octanol–water partition coefficient (Wildman–Crippen LogP) is 2.85. The summed E-state index contributed by atoms with van der Waals surface area (Å²) in [6.07, 6.45) is 4.69. The first kappa shape index (κ1) is 13.5. The Hall–Kier alpha value is -1.90. The number of hydrogen-bond acceptors (Lipinski definition) is 2. The Balaban J connectivity index is 2.05. The third-order valence-electron chi connectivity index (χ3n) is 3.25. The van der Waals surface area contributed by atoms with Crippen LogP contribution < -0.4 is 5.56 Å². The van der Waals surface area contributed by atoms with Crippen molar-refractivity contribution in [1.29, 1.82) is 0 Å². The molecule has 0 bridgehead atoms. The zero-order chi connectivity index (χ0) is 13.9. The molecule has 1 aromatic carbocycles. The van der Waals surface area contributed by atoms with E-state index in [0.29, 0.717) is 12.1 Å². The maximum Gasteiger partial charge on any atom is 0.269 e. The van der Waals surface area contributed by atoms with Gasteiger partial charge in [-0.1, -0.05) is 45.0 Å². The molecular formula is C16H20N2O. The van der Waals surface area contributed by atoms with Crippen LogP contribution in [0.3, 0.4) is 0 Å². The molecule has 2 aromatic rings. The normalized spacial score (nSPS) is 11.5. The van der Waals surface area contributed by atoms with Crippen molar-refractivity contribution in [2.75, 3.05) is 0 Å². The van der Waals surface area contributed by atoms with Crippen LogP contribution in [0.25, 0.3) is 0 Å². The fourth-order valence-electron chi connectivity index (χ4n) is 1.99. The van der Waals surface area contributed by atoms with Crippen LogP contribution in [0.15, 0.2) is 41.5 Å². The second-order valence-electron chi connectivity index (χ2n) is 5.81. The summed E-state index contributed by atoms with van der Waals surface area (Å²) < 4.78 is 0. The summed E-state index contributed by atoms with van der Waals surface area (Å²) in [5.41, 5.74) is 3.25. The Bertz CT molecular complexity index is 591. The van der Waals surface area contributed by atoms with E-state index in [1.54, 1.807) is 12.4 Å². The van der Waals surface area contributed by atoms with Gasteiger partial charge in [0.1, 0.15) is 5.69 Å². The SMILES string of the molecule is CC(C)(C)c1ccc(CCc2ncc[nH]c2=O)cc1. The molecule has 0 aliphatic rings. The van der Waals surface area contributed by atoms with Crippen LogP contribution in [0.2, 0.25) is 0 Å². The maximum atomic E-state index is 11.5. The molecule has 1 heterocycles. The Morgan fingerprint density at radius 1 is 1.11 bits per heavy atom. The minimum atomic E-state index is -0.0891. The lowest BCUT2D eigenvalue weighted by molar-refractivity contribution is 0.590. The van der Waals surface area contributed by atoms with Crippen molar-refractivity contribution in [2.45, 2.75) is 39.0 Å². The van der Waals surface area contributed by atoms with Crippen molar-refractivity contribution in [3.8, 4) is 0 Å². The standard InChI is InChI=1S/C16H20N2O/c1-16(2,3)13-7-4-12(5-8-13)6-9-14-15(19)18-11-10-17-14/h4-5,7-8,10-11H,6,9H2,1-3H3,(H,18,19). The number of nitrogens with zero attached hydrogens (tertiary/aromatic N) is 1. The summed E-state index contributed by atoms with van der Waals surface area (Å²) in [6.45, 7) is 6.61. The highest BCUT2D eigenvalue weighted by atomic mass is 16.1. The number of benzene rings is 1. The molecule has 0 saturated heterocycles. The highest BCUT2D eigenvalue weighted by Crippen LogP contribution is 2.22. The summed E-state index contributed by atoms with van der Waals surface area (Å²) in [6, 6.07) is 8.60. The summed E-state index contributed by atoms with van der Waals surface area (Å²) in [7, 11) is 0. The van der Waals surface area contributed by atoms with Crippen molar-refractivity contribution >= 4 is 0 Å². The smallest absolute Gasteiger partial charge is 0.269 e. The van der Waals surface area contributed by atoms with E-state index in [9.17, 15) is 4.79 Å². The van der Waals surface area contributed by atoms with Gasteiger partial charge in [0.2, 0.25) is 0 Å². The summed E-state index contributed by atoms with van der Waals surface area (Å²) in [5.74, 6) is 0. The van der Waals surface area contributed by atoms with E-state index in [-0.39, 0.29) is 11.0 Å². The lowest BCUT2D eigenvalue weighted by Gasteiger charge is -2.19. The lowest BCUT2D eigenvalue weighted by atomic mass is 9.86. The number of aromatic nitrogens is 2. The molecule has 0 radical (unpaired) electrons. The third-order valence-corrected chi connectivity index (χ3v) is 3.25. The van der Waals surface area contributed by atoms with Gasteiger partial charge in [0, 0.05) is 12.4 Å². The minimum absolute atomic E-state index is 0.0891. The molecule has 0 amide bonds. The number of H-pyrrole nitrogens is 1. The molecule has 3 nitrogen and oxygen atoms in total. The van der Waals surface area contributed by atoms with Crippen molar-refractivity contribution in [3.05, 3.63) is 63.8 Å². The summed E-state index contributed by atoms with van der Waals surface area (Å²) in [4.78, 5) is 18.3. The summed E-state index contributed by atoms with van der Waals surface area (Å²) in [5, 5.41) is 0. The van der Waals surface area contributed by atoms with E-state index < -0.39 is 0 Å². The van der Waals surface area contributed by atoms with E-state index in [2.05, 4.69) is 55.0 Å². The monoisotopic (exact) mass is 256 g/mol. The van der Waals surface area contributed by atoms with Gasteiger partial charge in [-0.3, -0.25) is 9.78 Å². The molecule has 3 heteroatoms. The van der Waals surface area contributed by atoms with Gasteiger partial charge in [0.15, 0.2) is 0 Å². The molecule has 0 aliphatic carbocycles. The first-order chi connectivity index (χ1) is 8.97. The van der Waals surface area contributed by atoms with E-state index in [0.717, 1.165) is 6.42 Å². The first-order valence-corrected chi connectivity index (χ1v) is 6.59. The molecule has 1 N–H and O–H groups in total. The van der Waals surface area contributed by atoms with Crippen LogP contribution >= 0.6 is 0 Å². The number of rotatable bonds is 3. The molecule has 0 aliphatic heterocycles. The van der Waals surface area contributed by atoms with Crippen LogP contribution in [-0.4, -0.2) is 9.97 Å². The third kappa shape index (κ3) is 3.53. The Kier molecular flexibility index (Phi) is 3.84. The molecule has 1 aromatic heterocycles. The second kappa shape index (κ2) is 5.39. The van der Waals surface area contributed by atoms with Gasteiger partial charge in [-0.15, -0.1) is 0 Å². The van der Waals surface area contributed by atoms with Crippen molar-refractivity contribution in [1.82, 2.24) is 9.97 Å². The molecule has 100 valence electrons. The molecule has 0 atom stereocenters. The van der Waals surface area contributed by atoms with E-state index in [4.69, 9.17) is 0 Å². The molecule has 0 saturated carbocycles. The lowest BCUT2D eigenvalue weighted by Crippen LogP contribution is -2.14. The average molecular weight is 256 g/mol. The Morgan fingerprint density at radius 3 is 2.37 bits per heavy atom. The predicted molar refractivity (Wildman–Crippen MR) is 77.4 cm³/mol.